The fourth-order valence-electron chi connectivity index (χ4n) is 1.76. The molecule has 0 bridgehead atoms. The van der Waals surface area contributed by atoms with Crippen molar-refractivity contribution in [1.29, 1.82) is 0 Å². The maximum Gasteiger partial charge on any atom is 0.259 e. The number of aromatic nitrogens is 2. The number of nitrogens with zero attached hydrogens (tertiary/aromatic N) is 2. The van der Waals surface area contributed by atoms with Crippen LogP contribution in [-0.2, 0) is 6.54 Å². The summed E-state index contributed by atoms with van der Waals surface area (Å²) in [6.07, 6.45) is 1.81. The van der Waals surface area contributed by atoms with E-state index in [1.54, 1.807) is 16.8 Å². The summed E-state index contributed by atoms with van der Waals surface area (Å²) < 4.78 is 1.74. The van der Waals surface area contributed by atoms with Crippen LogP contribution in [0.3, 0.4) is 0 Å². The number of aryl methyl sites for hydroxylation is 2. The molecule has 19 heavy (non-hydrogen) atoms. The number of amides is 1. The van der Waals surface area contributed by atoms with Crippen LogP contribution >= 0.6 is 0 Å². The summed E-state index contributed by atoms with van der Waals surface area (Å²) in [4.78, 5) is 12.1. The normalized spacial score (nSPS) is 10.3. The van der Waals surface area contributed by atoms with E-state index in [0.717, 1.165) is 12.1 Å². The van der Waals surface area contributed by atoms with E-state index in [1.807, 2.05) is 32.2 Å². The molecule has 1 aromatic heterocycles. The molecule has 0 saturated heterocycles. The van der Waals surface area contributed by atoms with Crippen molar-refractivity contribution in [2.24, 2.45) is 5.84 Å². The van der Waals surface area contributed by atoms with E-state index in [4.69, 9.17) is 5.84 Å². The molecular formula is C13H17N5O. The smallest absolute Gasteiger partial charge is 0.259 e. The quantitative estimate of drug-likeness (QED) is 0.577. The first-order valence-electron chi connectivity index (χ1n) is 6.06. The molecule has 2 aromatic rings. The van der Waals surface area contributed by atoms with Crippen molar-refractivity contribution in [2.75, 3.05) is 10.7 Å². The van der Waals surface area contributed by atoms with Crippen LogP contribution in [0, 0.1) is 6.92 Å². The zero-order valence-corrected chi connectivity index (χ0v) is 11.0. The predicted octanol–water partition coefficient (Wildman–Crippen LogP) is 1.75. The predicted molar refractivity (Wildman–Crippen MR) is 74.8 cm³/mol. The Morgan fingerprint density at radius 1 is 1.42 bits per heavy atom. The third kappa shape index (κ3) is 2.92. The highest BCUT2D eigenvalue weighted by Crippen LogP contribution is 2.17. The number of nitrogen functional groups attached to an aromatic ring is 1. The molecule has 0 aliphatic rings. The average molecular weight is 259 g/mol. The molecule has 0 aliphatic carbocycles. The number of nitrogens with two attached hydrogens (primary N) is 1. The Balaban J connectivity index is 2.20. The zero-order valence-electron chi connectivity index (χ0n) is 11.0. The van der Waals surface area contributed by atoms with Crippen LogP contribution in [0.1, 0.15) is 22.8 Å². The summed E-state index contributed by atoms with van der Waals surface area (Å²) >= 11 is 0. The summed E-state index contributed by atoms with van der Waals surface area (Å²) in [5.74, 6) is 5.71. The van der Waals surface area contributed by atoms with Gasteiger partial charge < -0.3 is 10.7 Å². The van der Waals surface area contributed by atoms with E-state index < -0.39 is 0 Å². The summed E-state index contributed by atoms with van der Waals surface area (Å²) in [5.41, 5.74) is 4.64. The maximum atomic E-state index is 12.1. The number of nitrogens with one attached hydrogen (secondary N) is 2. The first-order valence-corrected chi connectivity index (χ1v) is 6.06. The molecule has 6 nitrogen and oxygen atoms in total. The minimum atomic E-state index is -0.241. The van der Waals surface area contributed by atoms with Crippen molar-refractivity contribution in [1.82, 2.24) is 9.78 Å². The van der Waals surface area contributed by atoms with Gasteiger partial charge in [0.15, 0.2) is 5.82 Å². The highest BCUT2D eigenvalue weighted by atomic mass is 16.1. The molecule has 0 radical (unpaired) electrons. The van der Waals surface area contributed by atoms with Crippen LogP contribution in [0.15, 0.2) is 30.5 Å². The van der Waals surface area contributed by atoms with Crippen LogP contribution < -0.4 is 16.6 Å². The number of benzene rings is 1. The number of anilines is 2. The lowest BCUT2D eigenvalue weighted by Gasteiger charge is -2.09. The Labute approximate surface area is 111 Å². The van der Waals surface area contributed by atoms with Gasteiger partial charge >= 0.3 is 0 Å². The third-order valence-corrected chi connectivity index (χ3v) is 2.78. The second kappa shape index (κ2) is 5.53. The van der Waals surface area contributed by atoms with Gasteiger partial charge in [0.2, 0.25) is 0 Å². The van der Waals surface area contributed by atoms with Gasteiger partial charge in [-0.25, -0.2) is 0 Å². The van der Waals surface area contributed by atoms with Crippen molar-refractivity contribution < 1.29 is 4.79 Å². The molecule has 1 aromatic carbocycles. The molecule has 0 unspecified atom stereocenters. The number of carbonyl (C=O) groups excluding carboxylic acids is 1. The van der Waals surface area contributed by atoms with E-state index in [2.05, 4.69) is 15.8 Å². The van der Waals surface area contributed by atoms with E-state index in [-0.39, 0.29) is 5.91 Å². The van der Waals surface area contributed by atoms with Gasteiger partial charge in [-0.1, -0.05) is 6.07 Å². The lowest BCUT2D eigenvalue weighted by Crippen LogP contribution is -2.17. The van der Waals surface area contributed by atoms with E-state index in [0.29, 0.717) is 17.1 Å². The second-order valence-electron chi connectivity index (χ2n) is 4.20. The molecule has 0 spiro atoms. The lowest BCUT2D eigenvalue weighted by molar-refractivity contribution is 0.102. The molecule has 0 atom stereocenters. The average Bonchev–Trinajstić information content (AvgIpc) is 2.86. The minimum Gasteiger partial charge on any atom is -0.323 e. The first-order chi connectivity index (χ1) is 9.13. The van der Waals surface area contributed by atoms with Crippen molar-refractivity contribution in [3.63, 3.8) is 0 Å². The molecule has 2 rings (SSSR count). The fraction of sp³-hybridized carbons (Fsp3) is 0.231. The van der Waals surface area contributed by atoms with E-state index >= 15 is 0 Å². The van der Waals surface area contributed by atoms with Gasteiger partial charge in [0.25, 0.3) is 5.91 Å². The third-order valence-electron chi connectivity index (χ3n) is 2.78. The Morgan fingerprint density at radius 3 is 2.84 bits per heavy atom. The number of rotatable bonds is 4. The fourth-order valence-corrected chi connectivity index (χ4v) is 1.76. The van der Waals surface area contributed by atoms with Gasteiger partial charge in [-0.2, -0.15) is 5.10 Å². The summed E-state index contributed by atoms with van der Waals surface area (Å²) in [5, 5.41) is 6.94. The zero-order chi connectivity index (χ0) is 13.8. The van der Waals surface area contributed by atoms with Gasteiger partial charge in [-0.15, -0.1) is 0 Å². The first kappa shape index (κ1) is 13.1. The largest absolute Gasteiger partial charge is 0.323 e. The molecular weight excluding hydrogens is 242 g/mol. The van der Waals surface area contributed by atoms with Gasteiger partial charge in [0, 0.05) is 18.8 Å². The Morgan fingerprint density at radius 2 is 2.21 bits per heavy atom. The number of hydrogen-bond donors (Lipinski definition) is 3. The molecule has 0 fully saturated rings. The van der Waals surface area contributed by atoms with Crippen LogP contribution in [0.5, 0.6) is 0 Å². The van der Waals surface area contributed by atoms with Gasteiger partial charge in [0.1, 0.15) is 0 Å². The van der Waals surface area contributed by atoms with Crippen LogP contribution in [0.2, 0.25) is 0 Å². The maximum absolute atomic E-state index is 12.1. The van der Waals surface area contributed by atoms with E-state index in [1.165, 1.54) is 0 Å². The SMILES string of the molecule is CCn1ccc(NC(=O)c2ccc(C)cc2NN)n1. The number of hydrazine groups is 1. The minimum absolute atomic E-state index is 0.241. The molecule has 1 heterocycles. The molecule has 1 amide bonds. The Bertz CT molecular complexity index is 590. The highest BCUT2D eigenvalue weighted by molar-refractivity contribution is 6.07. The molecule has 100 valence electrons. The lowest BCUT2D eigenvalue weighted by atomic mass is 10.1. The monoisotopic (exact) mass is 259 g/mol. The molecule has 0 saturated carbocycles. The number of carbonyl (C=O) groups is 1. The van der Waals surface area contributed by atoms with Crippen LogP contribution in [-0.4, -0.2) is 15.7 Å². The molecule has 0 aliphatic heterocycles. The van der Waals surface area contributed by atoms with E-state index in [9.17, 15) is 4.79 Å². The van der Waals surface area contributed by atoms with Crippen molar-refractivity contribution in [2.45, 2.75) is 20.4 Å². The van der Waals surface area contributed by atoms with Crippen molar-refractivity contribution in [3.05, 3.63) is 41.6 Å². The Kier molecular flexibility index (Phi) is 3.82. The second-order valence-corrected chi connectivity index (χ2v) is 4.20. The standard InChI is InChI=1S/C13H17N5O/c1-3-18-7-6-12(17-18)15-13(19)10-5-4-9(2)8-11(10)16-14/h4-8,16H,3,14H2,1-2H3,(H,15,17,19). The topological polar surface area (TPSA) is 85.0 Å². The number of hydrogen-bond acceptors (Lipinski definition) is 4. The highest BCUT2D eigenvalue weighted by Gasteiger charge is 2.12. The van der Waals surface area contributed by atoms with Gasteiger partial charge in [-0.3, -0.25) is 15.3 Å². The van der Waals surface area contributed by atoms with Crippen molar-refractivity contribution in [3.8, 4) is 0 Å². The molecule has 6 heteroatoms. The summed E-state index contributed by atoms with van der Waals surface area (Å²) in [6.45, 7) is 4.68. The van der Waals surface area contributed by atoms with Crippen molar-refractivity contribution >= 4 is 17.4 Å². The van der Waals surface area contributed by atoms with Gasteiger partial charge in [-0.05, 0) is 31.5 Å². The van der Waals surface area contributed by atoms with Crippen LogP contribution in [0.25, 0.3) is 0 Å². The molecule has 4 N–H and O–H groups in total. The van der Waals surface area contributed by atoms with Gasteiger partial charge in [0.05, 0.1) is 11.3 Å². The summed E-state index contributed by atoms with van der Waals surface area (Å²) in [6, 6.07) is 7.17. The Hall–Kier alpha value is -2.34. The summed E-state index contributed by atoms with van der Waals surface area (Å²) in [7, 11) is 0. The van der Waals surface area contributed by atoms with Crippen LogP contribution in [0.4, 0.5) is 11.5 Å².